The summed E-state index contributed by atoms with van der Waals surface area (Å²) in [4.78, 5) is 0. The largest absolute Gasteiger partial charge is 0.399 e. The number of halogens is 6. The lowest BCUT2D eigenvalue weighted by molar-refractivity contribution is -0.139. The number of alkyl halides is 3. The van der Waals surface area contributed by atoms with Crippen LogP contribution in [0.3, 0.4) is 0 Å². The van der Waals surface area contributed by atoms with Crippen molar-refractivity contribution in [1.29, 1.82) is 0 Å². The summed E-state index contributed by atoms with van der Waals surface area (Å²) in [5.41, 5.74) is 3.20. The molecule has 6 heteroatoms. The number of hydrogen-bond donors (Lipinski definition) is 0. The summed E-state index contributed by atoms with van der Waals surface area (Å²) in [6, 6.07) is 8.20. The molecule has 1 unspecified atom stereocenters. The van der Waals surface area contributed by atoms with Gasteiger partial charge in [0.2, 0.25) is 0 Å². The van der Waals surface area contributed by atoms with Crippen molar-refractivity contribution in [2.24, 2.45) is 0 Å². The number of rotatable bonds is 3. The van der Waals surface area contributed by atoms with Crippen molar-refractivity contribution < 1.29 is 13.2 Å². The Morgan fingerprint density at radius 1 is 0.920 bits per heavy atom. The Kier molecular flexibility index (Phi) is 5.38. The summed E-state index contributed by atoms with van der Waals surface area (Å²) >= 11 is 17.6. The molecule has 0 bridgehead atoms. The molecule has 2 aromatic carbocycles. The Balaban J connectivity index is 1.95. The summed E-state index contributed by atoms with van der Waals surface area (Å²) in [6.07, 6.45) is 1.26. The average molecular weight is 406 g/mol. The molecule has 0 amide bonds. The van der Waals surface area contributed by atoms with E-state index in [1.54, 1.807) is 0 Å². The lowest BCUT2D eigenvalue weighted by Crippen LogP contribution is -2.19. The zero-order valence-corrected chi connectivity index (χ0v) is 15.3. The summed E-state index contributed by atoms with van der Waals surface area (Å²) < 4.78 is 40.6. The van der Waals surface area contributed by atoms with Gasteiger partial charge in [-0.1, -0.05) is 65.2 Å². The molecule has 1 atom stereocenters. The standard InChI is InChI=1S/C19H14Cl3F3/c20-16-9-14(10-17(21)18(16)22)15(19(23,24)25)7-5-11-4-6-12-2-1-3-13(12)8-11/h4-10,15H,1-3H2/b7-5+. The summed E-state index contributed by atoms with van der Waals surface area (Å²) in [7, 11) is 0. The molecule has 1 aliphatic rings. The maximum atomic E-state index is 13.5. The van der Waals surface area contributed by atoms with E-state index in [2.05, 4.69) is 0 Å². The van der Waals surface area contributed by atoms with Gasteiger partial charge in [0.1, 0.15) is 0 Å². The number of aryl methyl sites for hydroxylation is 2. The van der Waals surface area contributed by atoms with Crippen LogP contribution in [0.2, 0.25) is 15.1 Å². The van der Waals surface area contributed by atoms with E-state index in [1.807, 2.05) is 18.2 Å². The Hall–Kier alpha value is -1.16. The van der Waals surface area contributed by atoms with E-state index in [9.17, 15) is 13.2 Å². The van der Waals surface area contributed by atoms with Gasteiger partial charge in [0.05, 0.1) is 21.0 Å². The minimum Gasteiger partial charge on any atom is -0.170 e. The molecule has 0 fully saturated rings. The highest BCUT2D eigenvalue weighted by atomic mass is 35.5. The van der Waals surface area contributed by atoms with Crippen LogP contribution in [-0.2, 0) is 12.8 Å². The topological polar surface area (TPSA) is 0 Å². The van der Waals surface area contributed by atoms with Crippen LogP contribution in [-0.4, -0.2) is 6.18 Å². The molecule has 0 aliphatic heterocycles. The fraction of sp³-hybridized carbons (Fsp3) is 0.263. The van der Waals surface area contributed by atoms with Gasteiger partial charge < -0.3 is 0 Å². The van der Waals surface area contributed by atoms with Crippen molar-refractivity contribution in [1.82, 2.24) is 0 Å². The number of benzene rings is 2. The average Bonchev–Trinajstić information content (AvgIpc) is 2.99. The van der Waals surface area contributed by atoms with Crippen LogP contribution in [0.5, 0.6) is 0 Å². The molecule has 0 aromatic heterocycles. The molecular weight excluding hydrogens is 392 g/mol. The first-order valence-corrected chi connectivity index (χ1v) is 8.90. The van der Waals surface area contributed by atoms with Crippen LogP contribution in [0.1, 0.15) is 34.6 Å². The number of fused-ring (bicyclic) bond motifs is 1. The first-order valence-electron chi connectivity index (χ1n) is 7.77. The molecule has 0 spiro atoms. The summed E-state index contributed by atoms with van der Waals surface area (Å²) in [5.74, 6) is -1.81. The molecule has 0 saturated heterocycles. The Morgan fingerprint density at radius 2 is 1.56 bits per heavy atom. The van der Waals surface area contributed by atoms with E-state index in [-0.39, 0.29) is 20.6 Å². The van der Waals surface area contributed by atoms with Crippen molar-refractivity contribution >= 4 is 40.9 Å². The van der Waals surface area contributed by atoms with E-state index in [4.69, 9.17) is 34.8 Å². The first kappa shape index (κ1) is 18.6. The van der Waals surface area contributed by atoms with E-state index >= 15 is 0 Å². The van der Waals surface area contributed by atoms with Gasteiger partial charge in [-0.05, 0) is 53.6 Å². The number of hydrogen-bond acceptors (Lipinski definition) is 0. The van der Waals surface area contributed by atoms with E-state index in [0.717, 1.165) is 30.9 Å². The van der Waals surface area contributed by atoms with Gasteiger partial charge in [0, 0.05) is 0 Å². The van der Waals surface area contributed by atoms with Crippen LogP contribution >= 0.6 is 34.8 Å². The van der Waals surface area contributed by atoms with Gasteiger partial charge in [0.15, 0.2) is 0 Å². The molecule has 0 heterocycles. The van der Waals surface area contributed by atoms with Crippen LogP contribution in [0.15, 0.2) is 36.4 Å². The highest BCUT2D eigenvalue weighted by Crippen LogP contribution is 2.41. The van der Waals surface area contributed by atoms with Crippen LogP contribution < -0.4 is 0 Å². The Labute approximate surface area is 159 Å². The van der Waals surface area contributed by atoms with Crippen LogP contribution in [0.25, 0.3) is 6.08 Å². The third-order valence-corrected chi connectivity index (χ3v) is 5.52. The van der Waals surface area contributed by atoms with Gasteiger partial charge >= 0.3 is 6.18 Å². The third-order valence-electron chi connectivity index (χ3n) is 4.32. The van der Waals surface area contributed by atoms with E-state index in [0.29, 0.717) is 0 Å². The SMILES string of the molecule is FC(F)(F)C(/C=C/c1ccc2c(c1)CCC2)c1cc(Cl)c(Cl)c(Cl)c1. The molecule has 0 radical (unpaired) electrons. The highest BCUT2D eigenvalue weighted by molar-refractivity contribution is 6.48. The molecule has 1 aliphatic carbocycles. The quantitative estimate of drug-likeness (QED) is 0.464. The smallest absolute Gasteiger partial charge is 0.170 e. The zero-order chi connectivity index (χ0) is 18.2. The minimum absolute atomic E-state index is 0.00403. The lowest BCUT2D eigenvalue weighted by atomic mass is 9.96. The second-order valence-electron chi connectivity index (χ2n) is 6.06. The van der Waals surface area contributed by atoms with Gasteiger partial charge in [-0.3, -0.25) is 0 Å². The van der Waals surface area contributed by atoms with Gasteiger partial charge in [-0.25, -0.2) is 0 Å². The van der Waals surface area contributed by atoms with Crippen molar-refractivity contribution in [3.05, 3.63) is 73.7 Å². The van der Waals surface area contributed by atoms with Crippen molar-refractivity contribution in [3.8, 4) is 0 Å². The zero-order valence-electron chi connectivity index (χ0n) is 13.0. The van der Waals surface area contributed by atoms with Crippen molar-refractivity contribution in [2.75, 3.05) is 0 Å². The fourth-order valence-corrected chi connectivity index (χ4v) is 3.68. The van der Waals surface area contributed by atoms with Gasteiger partial charge in [-0.2, -0.15) is 13.2 Å². The molecule has 0 saturated carbocycles. The van der Waals surface area contributed by atoms with Crippen molar-refractivity contribution in [2.45, 2.75) is 31.4 Å². The summed E-state index contributed by atoms with van der Waals surface area (Å²) in [5, 5.41) is 0.0595. The lowest BCUT2D eigenvalue weighted by Gasteiger charge is -2.18. The van der Waals surface area contributed by atoms with E-state index < -0.39 is 12.1 Å². The second kappa shape index (κ2) is 7.22. The molecule has 132 valence electrons. The normalized spacial score (nSPS) is 15.6. The van der Waals surface area contributed by atoms with Gasteiger partial charge in [0.25, 0.3) is 0 Å². The molecule has 0 nitrogen and oxygen atoms in total. The molecule has 25 heavy (non-hydrogen) atoms. The van der Waals surface area contributed by atoms with E-state index in [1.165, 1.54) is 29.3 Å². The second-order valence-corrected chi connectivity index (χ2v) is 7.25. The van der Waals surface area contributed by atoms with Gasteiger partial charge in [-0.15, -0.1) is 0 Å². The summed E-state index contributed by atoms with van der Waals surface area (Å²) in [6.45, 7) is 0. The predicted molar refractivity (Wildman–Crippen MR) is 97.8 cm³/mol. The molecular formula is C19H14Cl3F3. The maximum absolute atomic E-state index is 13.5. The molecule has 3 rings (SSSR count). The predicted octanol–water partition coefficient (Wildman–Crippen LogP) is 7.49. The fourth-order valence-electron chi connectivity index (χ4n) is 3.07. The van der Waals surface area contributed by atoms with Crippen LogP contribution in [0, 0.1) is 0 Å². The molecule has 0 N–H and O–H groups in total. The van der Waals surface area contributed by atoms with Crippen LogP contribution in [0.4, 0.5) is 13.2 Å². The molecule has 2 aromatic rings. The monoisotopic (exact) mass is 404 g/mol. The number of allylic oxidation sites excluding steroid dienone is 1. The Bertz CT molecular complexity index is 802. The minimum atomic E-state index is -4.46. The maximum Gasteiger partial charge on any atom is 0.399 e. The Morgan fingerprint density at radius 3 is 2.20 bits per heavy atom. The highest BCUT2D eigenvalue weighted by Gasteiger charge is 2.39. The third kappa shape index (κ3) is 4.16. The van der Waals surface area contributed by atoms with Crippen molar-refractivity contribution in [3.63, 3.8) is 0 Å². The first-order chi connectivity index (χ1) is 11.8.